The molecule has 0 spiro atoms. The largest absolute Gasteiger partial charge is 0.475 e. The summed E-state index contributed by atoms with van der Waals surface area (Å²) < 4.78 is 18.3. The van der Waals surface area contributed by atoms with Crippen LogP contribution < -0.4 is 10.4 Å². The van der Waals surface area contributed by atoms with E-state index in [4.69, 9.17) is 14.2 Å². The zero-order valence-electron chi connectivity index (χ0n) is 12.7. The summed E-state index contributed by atoms with van der Waals surface area (Å²) >= 11 is 0. The summed E-state index contributed by atoms with van der Waals surface area (Å²) in [7, 11) is 0. The smallest absolute Gasteiger partial charge is 0.351 e. The van der Waals surface area contributed by atoms with E-state index in [2.05, 4.69) is 11.1 Å². The number of ether oxygens (including phenoxy) is 3. The van der Waals surface area contributed by atoms with Gasteiger partial charge in [0.15, 0.2) is 0 Å². The Bertz CT molecular complexity index is 765. The molecule has 0 amide bonds. The van der Waals surface area contributed by atoms with E-state index in [9.17, 15) is 4.79 Å². The Morgan fingerprint density at radius 2 is 2.22 bits per heavy atom. The minimum absolute atomic E-state index is 0.114. The van der Waals surface area contributed by atoms with E-state index in [0.29, 0.717) is 38.9 Å². The molecule has 1 atom stereocenters. The van der Waals surface area contributed by atoms with E-state index in [1.54, 1.807) is 4.57 Å². The normalized spacial score (nSPS) is 19.7. The predicted molar refractivity (Wildman–Crippen MR) is 83.7 cm³/mol. The number of nitrogens with zero attached hydrogens (tertiary/aromatic N) is 2. The molecule has 0 saturated carbocycles. The van der Waals surface area contributed by atoms with Gasteiger partial charge in [0.2, 0.25) is 5.88 Å². The highest BCUT2D eigenvalue weighted by atomic mass is 16.6. The number of fused-ring (bicyclic) bond motifs is 3. The van der Waals surface area contributed by atoms with Gasteiger partial charge in [-0.2, -0.15) is 4.98 Å². The summed E-state index contributed by atoms with van der Waals surface area (Å²) in [5, 5.41) is 0. The Labute approximate surface area is 133 Å². The van der Waals surface area contributed by atoms with E-state index in [0.717, 1.165) is 17.7 Å². The third-order valence-electron chi connectivity index (χ3n) is 4.19. The zero-order chi connectivity index (χ0) is 15.6. The molecule has 0 bridgehead atoms. The van der Waals surface area contributed by atoms with Gasteiger partial charge in [0, 0.05) is 18.2 Å². The molecule has 1 aromatic carbocycles. The number of hydrogen-bond donors (Lipinski definition) is 0. The van der Waals surface area contributed by atoms with Crippen LogP contribution in [0.5, 0.6) is 5.88 Å². The number of hydrogen-bond acceptors (Lipinski definition) is 5. The van der Waals surface area contributed by atoms with Gasteiger partial charge in [-0.25, -0.2) is 4.79 Å². The van der Waals surface area contributed by atoms with Gasteiger partial charge in [-0.15, -0.1) is 0 Å². The molecule has 0 N–H and O–H groups in total. The van der Waals surface area contributed by atoms with Gasteiger partial charge in [0.25, 0.3) is 0 Å². The number of aromatic nitrogens is 2. The molecule has 6 heteroatoms. The number of rotatable bonds is 3. The van der Waals surface area contributed by atoms with Crippen molar-refractivity contribution in [2.24, 2.45) is 0 Å². The number of aryl methyl sites for hydroxylation is 1. The maximum absolute atomic E-state index is 12.3. The Morgan fingerprint density at radius 1 is 1.30 bits per heavy atom. The predicted octanol–water partition coefficient (Wildman–Crippen LogP) is 1.26. The van der Waals surface area contributed by atoms with Crippen molar-refractivity contribution in [1.82, 2.24) is 9.55 Å². The van der Waals surface area contributed by atoms with Crippen LogP contribution in [-0.4, -0.2) is 42.1 Å². The van der Waals surface area contributed by atoms with Crippen molar-refractivity contribution >= 4 is 0 Å². The topological polar surface area (TPSA) is 62.6 Å². The summed E-state index contributed by atoms with van der Waals surface area (Å²) in [5.74, 6) is 0.340. The monoisotopic (exact) mass is 314 g/mol. The second-order valence-electron chi connectivity index (χ2n) is 5.70. The van der Waals surface area contributed by atoms with Gasteiger partial charge in [0.1, 0.15) is 12.7 Å². The van der Waals surface area contributed by atoms with Crippen molar-refractivity contribution in [3.05, 3.63) is 46.4 Å². The van der Waals surface area contributed by atoms with Gasteiger partial charge in [-0.3, -0.25) is 4.57 Å². The van der Waals surface area contributed by atoms with E-state index < -0.39 is 0 Å². The lowest BCUT2D eigenvalue weighted by Gasteiger charge is -2.24. The highest BCUT2D eigenvalue weighted by Gasteiger charge is 2.20. The van der Waals surface area contributed by atoms with Gasteiger partial charge < -0.3 is 14.2 Å². The maximum atomic E-state index is 12.3. The van der Waals surface area contributed by atoms with E-state index in [1.165, 1.54) is 5.56 Å². The van der Waals surface area contributed by atoms with Crippen LogP contribution in [0, 0.1) is 0 Å². The molecular formula is C17H18N2O4. The Hall–Kier alpha value is -2.18. The molecule has 2 aromatic rings. The SMILES string of the molecule is O=c1nc(OC[C@@H]2COCCO2)cc2n1CCc1ccccc1-2. The fraction of sp³-hybridized carbons (Fsp3) is 0.412. The average Bonchev–Trinajstić information content (AvgIpc) is 2.61. The van der Waals surface area contributed by atoms with Crippen molar-refractivity contribution < 1.29 is 14.2 Å². The van der Waals surface area contributed by atoms with Crippen LogP contribution in [0.25, 0.3) is 11.3 Å². The number of benzene rings is 1. The first-order valence-corrected chi connectivity index (χ1v) is 7.83. The molecule has 6 nitrogen and oxygen atoms in total. The van der Waals surface area contributed by atoms with Gasteiger partial charge in [-0.1, -0.05) is 24.3 Å². The zero-order valence-corrected chi connectivity index (χ0v) is 12.7. The quantitative estimate of drug-likeness (QED) is 0.853. The van der Waals surface area contributed by atoms with Crippen molar-refractivity contribution in [3.63, 3.8) is 0 Å². The molecule has 4 rings (SSSR count). The molecule has 1 fully saturated rings. The summed E-state index contributed by atoms with van der Waals surface area (Å²) in [4.78, 5) is 16.3. The fourth-order valence-electron chi connectivity index (χ4n) is 3.03. The fourth-order valence-corrected chi connectivity index (χ4v) is 3.03. The molecule has 120 valence electrons. The van der Waals surface area contributed by atoms with Crippen LogP contribution in [0.1, 0.15) is 5.56 Å². The van der Waals surface area contributed by atoms with Crippen LogP contribution in [0.4, 0.5) is 0 Å². The molecule has 23 heavy (non-hydrogen) atoms. The molecule has 1 aromatic heterocycles. The Balaban J connectivity index is 1.61. The van der Waals surface area contributed by atoms with Crippen molar-refractivity contribution in [2.45, 2.75) is 19.1 Å². The highest BCUT2D eigenvalue weighted by molar-refractivity contribution is 5.66. The molecule has 0 unspecified atom stereocenters. The molecule has 3 heterocycles. The van der Waals surface area contributed by atoms with Crippen LogP contribution in [0.3, 0.4) is 0 Å². The van der Waals surface area contributed by atoms with Crippen LogP contribution in [0.15, 0.2) is 35.1 Å². The summed E-state index contributed by atoms with van der Waals surface area (Å²) in [6.07, 6.45) is 0.731. The first-order chi connectivity index (χ1) is 11.3. The molecule has 0 aliphatic carbocycles. The lowest BCUT2D eigenvalue weighted by Crippen LogP contribution is -2.34. The lowest BCUT2D eigenvalue weighted by molar-refractivity contribution is -0.102. The second kappa shape index (κ2) is 6.14. The van der Waals surface area contributed by atoms with E-state index in [1.807, 2.05) is 24.3 Å². The van der Waals surface area contributed by atoms with E-state index >= 15 is 0 Å². The Morgan fingerprint density at radius 3 is 3.09 bits per heavy atom. The molecule has 2 aliphatic rings. The third kappa shape index (κ3) is 2.87. The minimum atomic E-state index is -0.271. The van der Waals surface area contributed by atoms with Crippen molar-refractivity contribution in [1.29, 1.82) is 0 Å². The van der Waals surface area contributed by atoms with Crippen molar-refractivity contribution in [2.75, 3.05) is 26.4 Å². The van der Waals surface area contributed by atoms with Crippen LogP contribution >= 0.6 is 0 Å². The summed E-state index contributed by atoms with van der Waals surface area (Å²) in [6.45, 7) is 2.68. The first-order valence-electron chi connectivity index (χ1n) is 7.83. The lowest BCUT2D eigenvalue weighted by atomic mass is 9.98. The second-order valence-corrected chi connectivity index (χ2v) is 5.70. The van der Waals surface area contributed by atoms with Gasteiger partial charge >= 0.3 is 5.69 Å². The molecule has 1 saturated heterocycles. The van der Waals surface area contributed by atoms with Crippen molar-refractivity contribution in [3.8, 4) is 17.1 Å². The summed E-state index contributed by atoms with van der Waals surface area (Å²) in [6, 6.07) is 9.96. The minimum Gasteiger partial charge on any atom is -0.475 e. The van der Waals surface area contributed by atoms with Crippen LogP contribution in [-0.2, 0) is 22.4 Å². The molecule has 2 aliphatic heterocycles. The summed E-state index contributed by atoms with van der Waals surface area (Å²) in [5.41, 5.74) is 2.91. The van der Waals surface area contributed by atoms with E-state index in [-0.39, 0.29) is 11.8 Å². The standard InChI is InChI=1S/C17H18N2O4/c20-17-18-16(23-11-13-10-21-7-8-22-13)9-15-14-4-2-1-3-12(14)5-6-19(15)17/h1-4,9,13H,5-8,10-11H2/t13-/m0/s1. The van der Waals surface area contributed by atoms with Gasteiger partial charge in [0.05, 0.1) is 25.5 Å². The Kier molecular flexibility index (Phi) is 3.85. The molecular weight excluding hydrogens is 296 g/mol. The third-order valence-corrected chi connectivity index (χ3v) is 4.19. The first kappa shape index (κ1) is 14.4. The highest BCUT2D eigenvalue weighted by Crippen LogP contribution is 2.29. The maximum Gasteiger partial charge on any atom is 0.351 e. The van der Waals surface area contributed by atoms with Crippen LogP contribution in [0.2, 0.25) is 0 Å². The molecule has 0 radical (unpaired) electrons. The average molecular weight is 314 g/mol. The van der Waals surface area contributed by atoms with Gasteiger partial charge in [-0.05, 0) is 12.0 Å².